The van der Waals surface area contributed by atoms with Crippen molar-refractivity contribution in [1.29, 1.82) is 0 Å². The molecule has 0 aromatic heterocycles. The summed E-state index contributed by atoms with van der Waals surface area (Å²) in [5.41, 5.74) is 3.15. The number of hydrogen-bond donors (Lipinski definition) is 1. The van der Waals surface area contributed by atoms with Gasteiger partial charge in [0.25, 0.3) is 17.1 Å². The van der Waals surface area contributed by atoms with Gasteiger partial charge in [0, 0.05) is 10.7 Å². The Morgan fingerprint density at radius 2 is 1.77 bits per heavy atom. The molecule has 0 spiro atoms. The molecule has 1 N–H and O–H groups in total. The Morgan fingerprint density at radius 1 is 1.03 bits per heavy atom. The summed E-state index contributed by atoms with van der Waals surface area (Å²) in [4.78, 5) is 39.6. The van der Waals surface area contributed by atoms with Crippen LogP contribution in [0.15, 0.2) is 71.6 Å². The lowest BCUT2D eigenvalue weighted by Gasteiger charge is -2.15. The van der Waals surface area contributed by atoms with Gasteiger partial charge in [-0.2, -0.15) is 0 Å². The van der Waals surface area contributed by atoms with E-state index in [9.17, 15) is 14.4 Å². The maximum atomic E-state index is 13.0. The maximum Gasteiger partial charge on any atom is 0.293 e. The number of anilines is 1. The molecule has 1 saturated heterocycles. The Kier molecular flexibility index (Phi) is 9.32. The highest BCUT2D eigenvalue weighted by Gasteiger charge is 2.35. The summed E-state index contributed by atoms with van der Waals surface area (Å²) >= 11 is 7.08. The molecule has 3 aromatic rings. The van der Waals surface area contributed by atoms with Crippen LogP contribution in [0.1, 0.15) is 43.4 Å². The zero-order valence-corrected chi connectivity index (χ0v) is 23.5. The summed E-state index contributed by atoms with van der Waals surface area (Å²) in [6.07, 6.45) is 1.64. The van der Waals surface area contributed by atoms with Crippen LogP contribution < -0.4 is 14.8 Å². The van der Waals surface area contributed by atoms with Gasteiger partial charge in [-0.25, -0.2) is 0 Å². The number of thioether (sulfide) groups is 1. The normalized spacial score (nSPS) is 14.3. The molecule has 1 aliphatic heterocycles. The molecule has 0 radical (unpaired) electrons. The summed E-state index contributed by atoms with van der Waals surface area (Å²) < 4.78 is 11.5. The molecule has 0 atom stereocenters. The van der Waals surface area contributed by atoms with Crippen molar-refractivity contribution >= 4 is 52.2 Å². The smallest absolute Gasteiger partial charge is 0.293 e. The fourth-order valence-electron chi connectivity index (χ4n) is 4.03. The standard InChI is InChI=1S/C30H29ClN2O5S/c1-4-37-26-15-20(16-27-29(35)33(30(36)39-27)17-21-9-5-7-11-23(21)31)13-14-25(26)38-18-28(34)32-24-12-8-6-10-22(24)19(2)3/h5-16,19H,4,17-18H2,1-3H3,(H,32,34)/b27-16-. The molecule has 1 heterocycles. The predicted octanol–water partition coefficient (Wildman–Crippen LogP) is 7.12. The van der Waals surface area contributed by atoms with Gasteiger partial charge < -0.3 is 14.8 Å². The third-order valence-corrected chi connectivity index (χ3v) is 7.22. The molecule has 0 unspecified atom stereocenters. The van der Waals surface area contributed by atoms with Crippen LogP contribution in [-0.4, -0.2) is 35.2 Å². The fraction of sp³-hybridized carbons (Fsp3) is 0.233. The molecular formula is C30H29ClN2O5S. The third kappa shape index (κ3) is 7.02. The van der Waals surface area contributed by atoms with E-state index >= 15 is 0 Å². The minimum atomic E-state index is -0.387. The van der Waals surface area contributed by atoms with Crippen LogP contribution in [0, 0.1) is 0 Å². The quantitative estimate of drug-likeness (QED) is 0.264. The van der Waals surface area contributed by atoms with E-state index in [1.54, 1.807) is 42.5 Å². The molecule has 3 amide bonds. The van der Waals surface area contributed by atoms with Crippen LogP contribution in [0.3, 0.4) is 0 Å². The van der Waals surface area contributed by atoms with Crippen molar-refractivity contribution in [1.82, 2.24) is 4.90 Å². The highest BCUT2D eigenvalue weighted by atomic mass is 35.5. The van der Waals surface area contributed by atoms with Crippen molar-refractivity contribution in [3.8, 4) is 11.5 Å². The van der Waals surface area contributed by atoms with Gasteiger partial charge >= 0.3 is 0 Å². The van der Waals surface area contributed by atoms with Gasteiger partial charge in [0.2, 0.25) is 0 Å². The molecule has 3 aromatic carbocycles. The van der Waals surface area contributed by atoms with Gasteiger partial charge in [-0.15, -0.1) is 0 Å². The van der Waals surface area contributed by atoms with Crippen molar-refractivity contribution < 1.29 is 23.9 Å². The zero-order valence-electron chi connectivity index (χ0n) is 21.9. The Balaban J connectivity index is 1.45. The van der Waals surface area contributed by atoms with Crippen LogP contribution in [0.5, 0.6) is 11.5 Å². The van der Waals surface area contributed by atoms with Gasteiger partial charge in [-0.05, 0) is 71.6 Å². The van der Waals surface area contributed by atoms with Crippen molar-refractivity contribution in [3.05, 3.63) is 93.3 Å². The molecule has 0 aliphatic carbocycles. The van der Waals surface area contributed by atoms with E-state index in [1.165, 1.54) is 4.90 Å². The van der Waals surface area contributed by atoms with Crippen molar-refractivity contribution in [2.75, 3.05) is 18.5 Å². The van der Waals surface area contributed by atoms with Gasteiger partial charge in [-0.1, -0.05) is 67.9 Å². The Hall–Kier alpha value is -3.75. The molecule has 39 heavy (non-hydrogen) atoms. The number of carbonyl (C=O) groups excluding carboxylic acids is 3. The number of hydrogen-bond acceptors (Lipinski definition) is 6. The lowest BCUT2D eigenvalue weighted by Crippen LogP contribution is -2.27. The molecule has 9 heteroatoms. The molecule has 1 aliphatic rings. The topological polar surface area (TPSA) is 84.9 Å². The summed E-state index contributed by atoms with van der Waals surface area (Å²) in [7, 11) is 0. The van der Waals surface area contributed by atoms with E-state index in [4.69, 9.17) is 21.1 Å². The molecule has 4 rings (SSSR count). The van der Waals surface area contributed by atoms with Crippen molar-refractivity contribution in [3.63, 3.8) is 0 Å². The van der Waals surface area contributed by atoms with Crippen LogP contribution in [0.2, 0.25) is 5.02 Å². The average Bonchev–Trinajstić information content (AvgIpc) is 3.17. The lowest BCUT2D eigenvalue weighted by molar-refractivity contribution is -0.123. The van der Waals surface area contributed by atoms with Gasteiger partial charge in [0.1, 0.15) is 0 Å². The molecule has 0 bridgehead atoms. The minimum Gasteiger partial charge on any atom is -0.490 e. The second-order valence-corrected chi connectivity index (χ2v) is 10.5. The predicted molar refractivity (Wildman–Crippen MR) is 155 cm³/mol. The number of nitrogens with zero attached hydrogens (tertiary/aromatic N) is 1. The van der Waals surface area contributed by atoms with Gasteiger partial charge in [-0.3, -0.25) is 19.3 Å². The van der Waals surface area contributed by atoms with Crippen LogP contribution >= 0.6 is 23.4 Å². The summed E-state index contributed by atoms with van der Waals surface area (Å²) in [5, 5.41) is 3.04. The SMILES string of the molecule is CCOc1cc(/C=C2\SC(=O)N(Cc3ccccc3Cl)C2=O)ccc1OCC(=O)Nc1ccccc1C(C)C. The second kappa shape index (κ2) is 12.9. The summed E-state index contributed by atoms with van der Waals surface area (Å²) in [6.45, 7) is 6.25. The monoisotopic (exact) mass is 564 g/mol. The number of para-hydroxylation sites is 1. The average molecular weight is 565 g/mol. The Bertz CT molecular complexity index is 1420. The highest BCUT2D eigenvalue weighted by molar-refractivity contribution is 8.18. The number of imide groups is 1. The first kappa shape index (κ1) is 28.3. The molecular weight excluding hydrogens is 536 g/mol. The van der Waals surface area contributed by atoms with E-state index in [0.717, 1.165) is 23.0 Å². The summed E-state index contributed by atoms with van der Waals surface area (Å²) in [5.74, 6) is 0.408. The van der Waals surface area contributed by atoms with E-state index in [-0.39, 0.29) is 36.1 Å². The Morgan fingerprint density at radius 3 is 2.51 bits per heavy atom. The number of benzene rings is 3. The molecule has 1 fully saturated rings. The number of nitrogens with one attached hydrogen (secondary N) is 1. The molecule has 202 valence electrons. The number of rotatable bonds is 10. The van der Waals surface area contributed by atoms with Crippen LogP contribution in [0.25, 0.3) is 6.08 Å². The minimum absolute atomic E-state index is 0.0996. The first-order valence-electron chi connectivity index (χ1n) is 12.5. The van der Waals surface area contributed by atoms with E-state index in [1.807, 2.05) is 37.3 Å². The zero-order chi connectivity index (χ0) is 27.9. The van der Waals surface area contributed by atoms with Gasteiger partial charge in [0.05, 0.1) is 18.1 Å². The molecule has 0 saturated carbocycles. The fourth-order valence-corrected chi connectivity index (χ4v) is 5.06. The van der Waals surface area contributed by atoms with Crippen LogP contribution in [-0.2, 0) is 16.1 Å². The highest BCUT2D eigenvalue weighted by Crippen LogP contribution is 2.36. The number of carbonyl (C=O) groups is 3. The number of ether oxygens (including phenoxy) is 2. The largest absolute Gasteiger partial charge is 0.490 e. The van der Waals surface area contributed by atoms with E-state index in [2.05, 4.69) is 19.2 Å². The van der Waals surface area contributed by atoms with Gasteiger partial charge in [0.15, 0.2) is 18.1 Å². The van der Waals surface area contributed by atoms with Crippen molar-refractivity contribution in [2.24, 2.45) is 0 Å². The van der Waals surface area contributed by atoms with E-state index < -0.39 is 0 Å². The number of amides is 3. The summed E-state index contributed by atoms with van der Waals surface area (Å²) in [6, 6.07) is 19.9. The first-order chi connectivity index (χ1) is 18.8. The second-order valence-electron chi connectivity index (χ2n) is 9.08. The Labute approximate surface area is 237 Å². The number of halogens is 1. The third-order valence-electron chi connectivity index (χ3n) is 5.94. The first-order valence-corrected chi connectivity index (χ1v) is 13.7. The van der Waals surface area contributed by atoms with E-state index in [0.29, 0.717) is 39.2 Å². The van der Waals surface area contributed by atoms with Crippen LogP contribution in [0.4, 0.5) is 10.5 Å². The maximum absolute atomic E-state index is 13.0. The molecule has 7 nitrogen and oxygen atoms in total. The van der Waals surface area contributed by atoms with Crippen molar-refractivity contribution in [2.45, 2.75) is 33.2 Å². The lowest BCUT2D eigenvalue weighted by atomic mass is 10.0.